The van der Waals surface area contributed by atoms with Crippen LogP contribution in [-0.4, -0.2) is 20.7 Å². The fourth-order valence-corrected chi connectivity index (χ4v) is 2.53. The number of aromatic nitrogens is 3. The summed E-state index contributed by atoms with van der Waals surface area (Å²) in [7, 11) is 0. The summed E-state index contributed by atoms with van der Waals surface area (Å²) in [5, 5.41) is 12.0. The molecule has 0 radical (unpaired) electrons. The third-order valence-electron chi connectivity index (χ3n) is 3.66. The van der Waals surface area contributed by atoms with Crippen LogP contribution in [0.2, 0.25) is 0 Å². The molecule has 1 atom stereocenters. The van der Waals surface area contributed by atoms with Gasteiger partial charge in [-0.05, 0) is 39.0 Å². The van der Waals surface area contributed by atoms with E-state index in [1.165, 1.54) is 0 Å². The third-order valence-corrected chi connectivity index (χ3v) is 3.66. The zero-order valence-corrected chi connectivity index (χ0v) is 13.7. The molecule has 0 amide bonds. The average molecular weight is 310 g/mol. The molecule has 1 unspecified atom stereocenters. The Labute approximate surface area is 136 Å². The maximum atomic E-state index is 5.87. The van der Waals surface area contributed by atoms with Crippen LogP contribution in [0.1, 0.15) is 38.2 Å². The number of nitrogens with one attached hydrogen (secondary N) is 1. The summed E-state index contributed by atoms with van der Waals surface area (Å²) in [6.07, 6.45) is 2.15. The molecule has 0 aliphatic carbocycles. The smallest absolute Gasteiger partial charge is 0.160 e. The van der Waals surface area contributed by atoms with Gasteiger partial charge in [-0.2, -0.15) is 0 Å². The van der Waals surface area contributed by atoms with Gasteiger partial charge in [0.1, 0.15) is 5.75 Å². The number of para-hydroxylation sites is 1. The molecule has 0 saturated heterocycles. The van der Waals surface area contributed by atoms with Crippen LogP contribution in [0.3, 0.4) is 0 Å². The Hall–Kier alpha value is -2.40. The fraction of sp³-hybridized carbons (Fsp3) is 0.333. The van der Waals surface area contributed by atoms with Crippen LogP contribution in [0.5, 0.6) is 5.75 Å². The molecule has 2 heterocycles. The largest absolute Gasteiger partial charge is 0.491 e. The summed E-state index contributed by atoms with van der Waals surface area (Å²) in [6.45, 7) is 6.88. The first-order valence-corrected chi connectivity index (χ1v) is 7.92. The molecule has 23 heavy (non-hydrogen) atoms. The summed E-state index contributed by atoms with van der Waals surface area (Å²) in [5.74, 6) is 1.83. The van der Waals surface area contributed by atoms with Gasteiger partial charge in [0.15, 0.2) is 11.5 Å². The standard InChI is InChI=1S/C18H22N4O/c1-13(2)23-16-9-5-4-8-15(16)12-19-14(3)18-21-20-17-10-6-7-11-22(17)18/h4-11,13-14,19H,12H2,1-3H3. The van der Waals surface area contributed by atoms with Crippen molar-refractivity contribution in [3.63, 3.8) is 0 Å². The normalized spacial score (nSPS) is 12.7. The number of ether oxygens (including phenoxy) is 1. The van der Waals surface area contributed by atoms with Crippen molar-refractivity contribution in [2.24, 2.45) is 0 Å². The van der Waals surface area contributed by atoms with Gasteiger partial charge >= 0.3 is 0 Å². The van der Waals surface area contributed by atoms with Crippen LogP contribution in [-0.2, 0) is 6.54 Å². The predicted molar refractivity (Wildman–Crippen MR) is 90.4 cm³/mol. The number of hydrogen-bond acceptors (Lipinski definition) is 4. The van der Waals surface area contributed by atoms with Gasteiger partial charge in [0, 0.05) is 18.3 Å². The van der Waals surface area contributed by atoms with Crippen LogP contribution < -0.4 is 10.1 Å². The van der Waals surface area contributed by atoms with Crippen LogP contribution in [0.4, 0.5) is 0 Å². The maximum Gasteiger partial charge on any atom is 0.160 e. The number of pyridine rings is 1. The maximum absolute atomic E-state index is 5.87. The van der Waals surface area contributed by atoms with Gasteiger partial charge < -0.3 is 10.1 Å². The van der Waals surface area contributed by atoms with Gasteiger partial charge in [-0.3, -0.25) is 4.40 Å². The highest BCUT2D eigenvalue weighted by Crippen LogP contribution is 2.20. The first-order valence-electron chi connectivity index (χ1n) is 7.92. The second-order valence-electron chi connectivity index (χ2n) is 5.86. The van der Waals surface area contributed by atoms with E-state index >= 15 is 0 Å². The monoisotopic (exact) mass is 310 g/mol. The van der Waals surface area contributed by atoms with E-state index in [0.717, 1.165) is 22.8 Å². The minimum atomic E-state index is 0.0829. The molecule has 5 nitrogen and oxygen atoms in total. The molecule has 0 aliphatic rings. The van der Waals surface area contributed by atoms with Gasteiger partial charge in [0.05, 0.1) is 12.1 Å². The van der Waals surface area contributed by atoms with Crippen LogP contribution >= 0.6 is 0 Å². The fourth-order valence-electron chi connectivity index (χ4n) is 2.53. The van der Waals surface area contributed by atoms with Crippen LogP contribution in [0, 0.1) is 0 Å². The van der Waals surface area contributed by atoms with E-state index in [2.05, 4.69) is 28.5 Å². The van der Waals surface area contributed by atoms with Crippen molar-refractivity contribution >= 4 is 5.65 Å². The quantitative estimate of drug-likeness (QED) is 0.758. The van der Waals surface area contributed by atoms with E-state index in [0.29, 0.717) is 6.54 Å². The molecule has 120 valence electrons. The second kappa shape index (κ2) is 6.79. The molecule has 3 aromatic rings. The van der Waals surface area contributed by atoms with Crippen molar-refractivity contribution in [3.05, 3.63) is 60.0 Å². The Balaban J connectivity index is 1.73. The third kappa shape index (κ3) is 3.51. The van der Waals surface area contributed by atoms with Crippen LogP contribution in [0.25, 0.3) is 5.65 Å². The molecule has 5 heteroatoms. The highest BCUT2D eigenvalue weighted by atomic mass is 16.5. The molecular formula is C18H22N4O. The van der Waals surface area contributed by atoms with E-state index < -0.39 is 0 Å². The molecular weight excluding hydrogens is 288 g/mol. The number of nitrogens with zero attached hydrogens (tertiary/aromatic N) is 3. The summed E-state index contributed by atoms with van der Waals surface area (Å²) < 4.78 is 7.87. The van der Waals surface area contributed by atoms with Crippen molar-refractivity contribution in [1.82, 2.24) is 19.9 Å². The zero-order chi connectivity index (χ0) is 16.2. The number of rotatable bonds is 6. The van der Waals surface area contributed by atoms with E-state index in [1.54, 1.807) is 0 Å². The van der Waals surface area contributed by atoms with Crippen molar-refractivity contribution in [3.8, 4) is 5.75 Å². The lowest BCUT2D eigenvalue weighted by molar-refractivity contribution is 0.239. The SMILES string of the molecule is CC(C)Oc1ccccc1CNC(C)c1nnc2ccccn12. The average Bonchev–Trinajstić information content (AvgIpc) is 2.97. The Kier molecular flexibility index (Phi) is 4.57. The minimum absolute atomic E-state index is 0.0829. The van der Waals surface area contributed by atoms with Gasteiger partial charge in [-0.15, -0.1) is 10.2 Å². The van der Waals surface area contributed by atoms with Gasteiger partial charge in [0.25, 0.3) is 0 Å². The lowest BCUT2D eigenvalue weighted by Gasteiger charge is -2.16. The molecule has 0 bridgehead atoms. The number of benzene rings is 1. The highest BCUT2D eigenvalue weighted by Gasteiger charge is 2.13. The summed E-state index contributed by atoms with van der Waals surface area (Å²) in [6, 6.07) is 14.1. The van der Waals surface area contributed by atoms with E-state index in [4.69, 9.17) is 4.74 Å². The summed E-state index contributed by atoms with van der Waals surface area (Å²) >= 11 is 0. The molecule has 2 aromatic heterocycles. The van der Waals surface area contributed by atoms with Gasteiger partial charge in [-0.1, -0.05) is 24.3 Å². The summed E-state index contributed by atoms with van der Waals surface area (Å²) in [4.78, 5) is 0. The van der Waals surface area contributed by atoms with Crippen molar-refractivity contribution in [1.29, 1.82) is 0 Å². The molecule has 0 fully saturated rings. The first-order chi connectivity index (χ1) is 11.1. The number of fused-ring (bicyclic) bond motifs is 1. The van der Waals surface area contributed by atoms with Crippen molar-refractivity contribution in [2.75, 3.05) is 0 Å². The molecule has 0 spiro atoms. The minimum Gasteiger partial charge on any atom is -0.491 e. The van der Waals surface area contributed by atoms with Crippen LogP contribution in [0.15, 0.2) is 48.7 Å². The van der Waals surface area contributed by atoms with Crippen molar-refractivity contribution in [2.45, 2.75) is 39.5 Å². The molecule has 1 aromatic carbocycles. The zero-order valence-electron chi connectivity index (χ0n) is 13.7. The lowest BCUT2D eigenvalue weighted by atomic mass is 10.2. The Bertz CT molecular complexity index is 781. The Morgan fingerprint density at radius 1 is 1.04 bits per heavy atom. The van der Waals surface area contributed by atoms with E-state index in [1.807, 2.05) is 60.8 Å². The highest BCUT2D eigenvalue weighted by molar-refractivity contribution is 5.37. The van der Waals surface area contributed by atoms with Crippen molar-refractivity contribution < 1.29 is 4.74 Å². The second-order valence-corrected chi connectivity index (χ2v) is 5.86. The predicted octanol–water partition coefficient (Wildman–Crippen LogP) is 3.37. The topological polar surface area (TPSA) is 51.5 Å². The Morgan fingerprint density at radius 2 is 1.83 bits per heavy atom. The molecule has 0 saturated carbocycles. The lowest BCUT2D eigenvalue weighted by Crippen LogP contribution is -2.21. The molecule has 0 aliphatic heterocycles. The van der Waals surface area contributed by atoms with E-state index in [-0.39, 0.29) is 12.1 Å². The van der Waals surface area contributed by atoms with E-state index in [9.17, 15) is 0 Å². The number of hydrogen-bond donors (Lipinski definition) is 1. The van der Waals surface area contributed by atoms with Gasteiger partial charge in [0.2, 0.25) is 0 Å². The van der Waals surface area contributed by atoms with Gasteiger partial charge in [-0.25, -0.2) is 0 Å². The molecule has 3 rings (SSSR count). The Morgan fingerprint density at radius 3 is 2.65 bits per heavy atom. The summed E-state index contributed by atoms with van der Waals surface area (Å²) in [5.41, 5.74) is 2.00. The first kappa shape index (κ1) is 15.5. The molecule has 1 N–H and O–H groups in total.